The molecule has 0 spiro atoms. The summed E-state index contributed by atoms with van der Waals surface area (Å²) in [5, 5.41) is 8.10. The van der Waals surface area contributed by atoms with E-state index in [9.17, 15) is 13.6 Å². The molecule has 2 N–H and O–H groups in total. The molecular formula is C7H6ClF2NO2. The summed E-state index contributed by atoms with van der Waals surface area (Å²) in [5.41, 5.74) is -1.46. The van der Waals surface area contributed by atoms with Gasteiger partial charge in [-0.25, -0.2) is 8.78 Å². The Labute approximate surface area is 77.0 Å². The molecule has 1 aromatic heterocycles. The zero-order valence-corrected chi connectivity index (χ0v) is 7.11. The fourth-order valence-electron chi connectivity index (χ4n) is 0.924. The van der Waals surface area contributed by atoms with Gasteiger partial charge in [0, 0.05) is 17.3 Å². The van der Waals surface area contributed by atoms with Crippen LogP contribution in [0.3, 0.4) is 0 Å². The summed E-state index contributed by atoms with van der Waals surface area (Å²) < 4.78 is 24.6. The Morgan fingerprint density at radius 3 is 2.69 bits per heavy atom. The van der Waals surface area contributed by atoms with Crippen LogP contribution in [0.25, 0.3) is 0 Å². The van der Waals surface area contributed by atoms with Crippen LogP contribution in [-0.4, -0.2) is 10.1 Å². The van der Waals surface area contributed by atoms with Crippen molar-refractivity contribution in [2.24, 2.45) is 0 Å². The van der Waals surface area contributed by atoms with Crippen molar-refractivity contribution in [3.63, 3.8) is 0 Å². The van der Waals surface area contributed by atoms with E-state index in [4.69, 9.17) is 16.7 Å². The van der Waals surface area contributed by atoms with Crippen molar-refractivity contribution in [2.75, 3.05) is 0 Å². The van der Waals surface area contributed by atoms with Crippen molar-refractivity contribution in [3.8, 4) is 0 Å². The normalized spacial score (nSPS) is 10.8. The van der Waals surface area contributed by atoms with Crippen LogP contribution in [0.1, 0.15) is 17.6 Å². The first-order valence-corrected chi connectivity index (χ1v) is 3.74. The largest absolute Gasteiger partial charge is 0.392 e. The molecule has 0 saturated heterocycles. The predicted octanol–water partition coefficient (Wildman–Crippen LogP) is 1.46. The average Bonchev–Trinajstić information content (AvgIpc) is 2.08. The molecule has 0 atom stereocenters. The van der Waals surface area contributed by atoms with Gasteiger partial charge in [-0.15, -0.1) is 0 Å². The van der Waals surface area contributed by atoms with Gasteiger partial charge in [0.05, 0.1) is 6.61 Å². The Hall–Kier alpha value is -0.940. The Morgan fingerprint density at radius 1 is 1.62 bits per heavy atom. The third kappa shape index (κ3) is 1.87. The number of pyridine rings is 1. The lowest BCUT2D eigenvalue weighted by atomic mass is 10.1. The van der Waals surface area contributed by atoms with E-state index in [1.165, 1.54) is 0 Å². The molecule has 0 aliphatic carbocycles. The lowest BCUT2D eigenvalue weighted by Crippen LogP contribution is -2.11. The van der Waals surface area contributed by atoms with E-state index in [0.717, 1.165) is 6.20 Å². The van der Waals surface area contributed by atoms with Gasteiger partial charge in [0.15, 0.2) is 0 Å². The van der Waals surface area contributed by atoms with Crippen molar-refractivity contribution in [1.29, 1.82) is 0 Å². The number of rotatable bonds is 2. The number of hydrogen-bond donors (Lipinski definition) is 2. The number of H-pyrrole nitrogens is 1. The highest BCUT2D eigenvalue weighted by Crippen LogP contribution is 2.27. The third-order valence-corrected chi connectivity index (χ3v) is 1.92. The van der Waals surface area contributed by atoms with Crippen LogP contribution in [0.2, 0.25) is 5.02 Å². The maximum atomic E-state index is 12.3. The SMILES string of the molecule is O=c1[nH]cc(CO)c(C(F)F)c1Cl. The Morgan fingerprint density at radius 2 is 2.23 bits per heavy atom. The van der Waals surface area contributed by atoms with E-state index in [1.54, 1.807) is 0 Å². The van der Waals surface area contributed by atoms with E-state index in [0.29, 0.717) is 0 Å². The standard InChI is InChI=1S/C7H6ClF2NO2/c8-5-4(6(9)10)3(2-12)1-11-7(5)13/h1,6,12H,2H2,(H,11,13). The quantitative estimate of drug-likeness (QED) is 0.775. The average molecular weight is 210 g/mol. The van der Waals surface area contributed by atoms with E-state index in [-0.39, 0.29) is 5.56 Å². The molecule has 0 saturated carbocycles. The minimum Gasteiger partial charge on any atom is -0.392 e. The summed E-state index contributed by atoms with van der Waals surface area (Å²) in [6.07, 6.45) is -1.84. The van der Waals surface area contributed by atoms with Gasteiger partial charge in [-0.05, 0) is 0 Å². The molecule has 1 rings (SSSR count). The van der Waals surface area contributed by atoms with E-state index in [2.05, 4.69) is 4.98 Å². The molecule has 0 aliphatic heterocycles. The van der Waals surface area contributed by atoms with Crippen LogP contribution < -0.4 is 5.56 Å². The smallest absolute Gasteiger partial charge is 0.267 e. The van der Waals surface area contributed by atoms with Crippen LogP contribution in [0.5, 0.6) is 0 Å². The minimum atomic E-state index is -2.86. The molecule has 0 aromatic carbocycles. The second-order valence-electron chi connectivity index (χ2n) is 2.33. The first kappa shape index (κ1) is 10.1. The molecule has 0 amide bonds. The topological polar surface area (TPSA) is 53.1 Å². The van der Waals surface area contributed by atoms with Crippen LogP contribution >= 0.6 is 11.6 Å². The first-order chi connectivity index (χ1) is 6.07. The zero-order valence-electron chi connectivity index (χ0n) is 6.35. The predicted molar refractivity (Wildman–Crippen MR) is 43.0 cm³/mol. The molecule has 3 nitrogen and oxygen atoms in total. The number of hydrogen-bond acceptors (Lipinski definition) is 2. The highest BCUT2D eigenvalue weighted by atomic mass is 35.5. The molecule has 0 fully saturated rings. The Balaban J connectivity index is 3.41. The molecule has 0 bridgehead atoms. The molecule has 13 heavy (non-hydrogen) atoms. The van der Waals surface area contributed by atoms with E-state index < -0.39 is 29.2 Å². The number of nitrogens with one attached hydrogen (secondary N) is 1. The number of aromatic nitrogens is 1. The molecular weight excluding hydrogens is 204 g/mol. The second kappa shape index (κ2) is 3.85. The number of aromatic amines is 1. The molecule has 0 aliphatic rings. The van der Waals surface area contributed by atoms with Crippen molar-refractivity contribution in [2.45, 2.75) is 13.0 Å². The second-order valence-corrected chi connectivity index (χ2v) is 2.71. The molecule has 72 valence electrons. The molecule has 1 heterocycles. The highest BCUT2D eigenvalue weighted by Gasteiger charge is 2.18. The molecule has 0 radical (unpaired) electrons. The van der Waals surface area contributed by atoms with E-state index >= 15 is 0 Å². The van der Waals surface area contributed by atoms with Gasteiger partial charge in [-0.3, -0.25) is 4.79 Å². The van der Waals surface area contributed by atoms with Gasteiger partial charge in [0.25, 0.3) is 12.0 Å². The maximum absolute atomic E-state index is 12.3. The molecule has 0 unspecified atom stereocenters. The monoisotopic (exact) mass is 209 g/mol. The van der Waals surface area contributed by atoms with Gasteiger partial charge in [0.2, 0.25) is 0 Å². The Bertz CT molecular complexity index is 364. The Kier molecular flexibility index (Phi) is 3.00. The molecule has 6 heteroatoms. The fraction of sp³-hybridized carbons (Fsp3) is 0.286. The number of halogens is 3. The van der Waals surface area contributed by atoms with Gasteiger partial charge >= 0.3 is 0 Å². The minimum absolute atomic E-state index is 0.0698. The van der Waals surface area contributed by atoms with Crippen LogP contribution in [0.15, 0.2) is 11.0 Å². The zero-order chi connectivity index (χ0) is 10.0. The third-order valence-electron chi connectivity index (χ3n) is 1.55. The number of aliphatic hydroxyl groups excluding tert-OH is 1. The fourth-order valence-corrected chi connectivity index (χ4v) is 1.18. The van der Waals surface area contributed by atoms with Gasteiger partial charge in [-0.2, -0.15) is 0 Å². The summed E-state index contributed by atoms with van der Waals surface area (Å²) >= 11 is 5.34. The summed E-state index contributed by atoms with van der Waals surface area (Å²) in [4.78, 5) is 12.9. The first-order valence-electron chi connectivity index (χ1n) is 3.37. The van der Waals surface area contributed by atoms with Crippen molar-refractivity contribution in [3.05, 3.63) is 32.7 Å². The maximum Gasteiger partial charge on any atom is 0.267 e. The number of alkyl halides is 2. The van der Waals surface area contributed by atoms with Crippen LogP contribution in [-0.2, 0) is 6.61 Å². The lowest BCUT2D eigenvalue weighted by Gasteiger charge is -2.06. The van der Waals surface area contributed by atoms with Crippen LogP contribution in [0, 0.1) is 0 Å². The van der Waals surface area contributed by atoms with Crippen molar-refractivity contribution < 1.29 is 13.9 Å². The van der Waals surface area contributed by atoms with Gasteiger partial charge in [0.1, 0.15) is 5.02 Å². The summed E-state index contributed by atoms with van der Waals surface area (Å²) in [5.74, 6) is 0. The number of aliphatic hydroxyl groups is 1. The van der Waals surface area contributed by atoms with Gasteiger partial charge < -0.3 is 10.1 Å². The van der Waals surface area contributed by atoms with Gasteiger partial charge in [-0.1, -0.05) is 11.6 Å². The highest BCUT2D eigenvalue weighted by molar-refractivity contribution is 6.31. The summed E-state index contributed by atoms with van der Waals surface area (Å²) in [7, 11) is 0. The van der Waals surface area contributed by atoms with Crippen LogP contribution in [0.4, 0.5) is 8.78 Å². The summed E-state index contributed by atoms with van der Waals surface area (Å²) in [6, 6.07) is 0. The van der Waals surface area contributed by atoms with E-state index in [1.807, 2.05) is 0 Å². The summed E-state index contributed by atoms with van der Waals surface area (Å²) in [6.45, 7) is -0.587. The van der Waals surface area contributed by atoms with Crippen molar-refractivity contribution >= 4 is 11.6 Å². The van der Waals surface area contributed by atoms with Crippen molar-refractivity contribution in [1.82, 2.24) is 4.98 Å². The molecule has 1 aromatic rings. The lowest BCUT2D eigenvalue weighted by molar-refractivity contribution is 0.147.